The summed E-state index contributed by atoms with van der Waals surface area (Å²) in [6.45, 7) is 0. The molecule has 2 aromatic carbocycles. The molecule has 2 heteroatoms. The fourth-order valence-corrected chi connectivity index (χ4v) is 2.00. The molecule has 0 radical (unpaired) electrons. The van der Waals surface area contributed by atoms with Crippen molar-refractivity contribution in [2.75, 3.05) is 6.26 Å². The van der Waals surface area contributed by atoms with E-state index in [1.807, 2.05) is 48.7 Å². The Bertz CT molecular complexity index is 477. The first-order valence-electron chi connectivity index (χ1n) is 5.12. The Hall–Kier alpha value is -1.54. The number of hydrogen-bond donors (Lipinski definition) is 0. The van der Waals surface area contributed by atoms with E-state index in [1.54, 1.807) is 11.8 Å². The zero-order chi connectivity index (χ0) is 11.2. The van der Waals surface area contributed by atoms with Gasteiger partial charge in [0.1, 0.15) is 0 Å². The summed E-state index contributed by atoms with van der Waals surface area (Å²) < 4.78 is 0. The van der Waals surface area contributed by atoms with Crippen molar-refractivity contribution in [2.24, 2.45) is 4.99 Å². The second-order valence-electron chi connectivity index (χ2n) is 3.34. The van der Waals surface area contributed by atoms with Crippen LogP contribution in [0.2, 0.25) is 0 Å². The molecule has 1 nitrogen and oxygen atoms in total. The molecule has 0 aliphatic heterocycles. The van der Waals surface area contributed by atoms with Crippen LogP contribution in [0.4, 0.5) is 5.69 Å². The van der Waals surface area contributed by atoms with Gasteiger partial charge in [-0.25, -0.2) is 0 Å². The number of hydrogen-bond acceptors (Lipinski definition) is 2. The van der Waals surface area contributed by atoms with E-state index in [0.717, 1.165) is 5.69 Å². The van der Waals surface area contributed by atoms with Crippen LogP contribution in [0.1, 0.15) is 5.56 Å². The number of thioether (sulfide) groups is 1. The van der Waals surface area contributed by atoms with Crippen molar-refractivity contribution in [3.05, 3.63) is 60.2 Å². The first-order valence-corrected chi connectivity index (χ1v) is 6.35. The predicted molar refractivity (Wildman–Crippen MR) is 71.9 cm³/mol. The highest BCUT2D eigenvalue weighted by atomic mass is 32.2. The third kappa shape index (κ3) is 2.74. The minimum absolute atomic E-state index is 0.985. The molecular weight excluding hydrogens is 214 g/mol. The van der Waals surface area contributed by atoms with Gasteiger partial charge in [0.15, 0.2) is 0 Å². The highest BCUT2D eigenvalue weighted by Crippen LogP contribution is 2.19. The average molecular weight is 227 g/mol. The molecule has 0 atom stereocenters. The Kier molecular flexibility index (Phi) is 3.78. The number of benzene rings is 2. The third-order valence-corrected chi connectivity index (χ3v) is 3.06. The van der Waals surface area contributed by atoms with Crippen molar-refractivity contribution in [1.82, 2.24) is 0 Å². The lowest BCUT2D eigenvalue weighted by molar-refractivity contribution is 1.42. The maximum atomic E-state index is 4.45. The SMILES string of the molecule is CSc1ccccc1/C=N/c1ccccc1. The lowest BCUT2D eigenvalue weighted by Crippen LogP contribution is -1.83. The van der Waals surface area contributed by atoms with Gasteiger partial charge in [0.05, 0.1) is 5.69 Å². The van der Waals surface area contributed by atoms with Gasteiger partial charge in [-0.2, -0.15) is 0 Å². The number of rotatable bonds is 3. The van der Waals surface area contributed by atoms with Gasteiger partial charge in [-0.3, -0.25) is 4.99 Å². The zero-order valence-corrected chi connectivity index (χ0v) is 9.95. The molecule has 0 bridgehead atoms. The molecule has 0 saturated heterocycles. The zero-order valence-electron chi connectivity index (χ0n) is 9.13. The van der Waals surface area contributed by atoms with E-state index in [9.17, 15) is 0 Å². The lowest BCUT2D eigenvalue weighted by atomic mass is 10.2. The van der Waals surface area contributed by atoms with Gasteiger partial charge >= 0.3 is 0 Å². The lowest BCUT2D eigenvalue weighted by Gasteiger charge is -2.00. The first kappa shape index (κ1) is 11.0. The number of para-hydroxylation sites is 1. The highest BCUT2D eigenvalue weighted by Gasteiger charge is 1.96. The summed E-state index contributed by atoms with van der Waals surface area (Å²) in [4.78, 5) is 5.70. The summed E-state index contributed by atoms with van der Waals surface area (Å²) in [6, 6.07) is 18.2. The van der Waals surface area contributed by atoms with E-state index in [4.69, 9.17) is 0 Å². The van der Waals surface area contributed by atoms with Crippen molar-refractivity contribution >= 4 is 23.7 Å². The summed E-state index contributed by atoms with van der Waals surface area (Å²) in [5.41, 5.74) is 2.15. The number of nitrogens with zero attached hydrogens (tertiary/aromatic N) is 1. The summed E-state index contributed by atoms with van der Waals surface area (Å²) in [6.07, 6.45) is 4.00. The highest BCUT2D eigenvalue weighted by molar-refractivity contribution is 7.98. The van der Waals surface area contributed by atoms with Crippen LogP contribution in [0.3, 0.4) is 0 Å². The minimum atomic E-state index is 0.985. The Morgan fingerprint density at radius 3 is 2.38 bits per heavy atom. The van der Waals surface area contributed by atoms with Crippen molar-refractivity contribution in [1.29, 1.82) is 0 Å². The van der Waals surface area contributed by atoms with Crippen molar-refractivity contribution in [3.8, 4) is 0 Å². The van der Waals surface area contributed by atoms with Crippen LogP contribution >= 0.6 is 11.8 Å². The van der Waals surface area contributed by atoms with Gasteiger partial charge in [0.2, 0.25) is 0 Å². The summed E-state index contributed by atoms with van der Waals surface area (Å²) >= 11 is 1.74. The van der Waals surface area contributed by atoms with E-state index in [0.29, 0.717) is 0 Å². The number of aliphatic imine (C=N–C) groups is 1. The molecule has 0 aromatic heterocycles. The second-order valence-corrected chi connectivity index (χ2v) is 4.18. The molecule has 0 heterocycles. The van der Waals surface area contributed by atoms with Crippen LogP contribution in [0.25, 0.3) is 0 Å². The van der Waals surface area contributed by atoms with Crippen LogP contribution in [0.5, 0.6) is 0 Å². The molecule has 0 fully saturated rings. The van der Waals surface area contributed by atoms with Gasteiger partial charge in [0.25, 0.3) is 0 Å². The molecule has 2 rings (SSSR count). The monoisotopic (exact) mass is 227 g/mol. The predicted octanol–water partition coefficient (Wildman–Crippen LogP) is 4.16. The molecule has 0 unspecified atom stereocenters. The maximum Gasteiger partial charge on any atom is 0.0629 e. The van der Waals surface area contributed by atoms with Crippen molar-refractivity contribution < 1.29 is 0 Å². The topological polar surface area (TPSA) is 12.4 Å². The van der Waals surface area contributed by atoms with E-state index in [1.165, 1.54) is 10.5 Å². The first-order chi connectivity index (χ1) is 7.90. The molecule has 0 spiro atoms. The Balaban J connectivity index is 2.24. The molecule has 0 amide bonds. The van der Waals surface area contributed by atoms with E-state index in [-0.39, 0.29) is 0 Å². The molecule has 16 heavy (non-hydrogen) atoms. The van der Waals surface area contributed by atoms with Crippen LogP contribution in [-0.2, 0) is 0 Å². The van der Waals surface area contributed by atoms with Crippen LogP contribution in [0.15, 0.2) is 64.5 Å². The van der Waals surface area contributed by atoms with E-state index in [2.05, 4.69) is 23.4 Å². The second kappa shape index (κ2) is 5.52. The van der Waals surface area contributed by atoms with Gasteiger partial charge < -0.3 is 0 Å². The minimum Gasteiger partial charge on any atom is -0.256 e. The Morgan fingerprint density at radius 2 is 1.62 bits per heavy atom. The molecule has 0 saturated carbocycles. The van der Waals surface area contributed by atoms with Gasteiger partial charge in [0, 0.05) is 16.7 Å². The molecule has 0 aliphatic carbocycles. The molecule has 0 N–H and O–H groups in total. The summed E-state index contributed by atoms with van der Waals surface area (Å²) in [7, 11) is 0. The van der Waals surface area contributed by atoms with Crippen LogP contribution < -0.4 is 0 Å². The van der Waals surface area contributed by atoms with E-state index >= 15 is 0 Å². The molecule has 0 aliphatic rings. The third-order valence-electron chi connectivity index (χ3n) is 2.25. The molecule has 2 aromatic rings. The molecule has 80 valence electrons. The van der Waals surface area contributed by atoms with E-state index < -0.39 is 0 Å². The summed E-state index contributed by atoms with van der Waals surface area (Å²) in [5.74, 6) is 0. The van der Waals surface area contributed by atoms with Crippen LogP contribution in [0, 0.1) is 0 Å². The molecular formula is C14H13NS. The fraction of sp³-hybridized carbons (Fsp3) is 0.0714. The largest absolute Gasteiger partial charge is 0.256 e. The standard InChI is InChI=1S/C14H13NS/c1-16-14-10-6-5-7-12(14)11-15-13-8-3-2-4-9-13/h2-11H,1H3/b15-11+. The Labute approximate surface area is 100 Å². The normalized spacial score (nSPS) is 10.8. The maximum absolute atomic E-state index is 4.45. The van der Waals surface area contributed by atoms with Gasteiger partial charge in [-0.15, -0.1) is 11.8 Å². The quantitative estimate of drug-likeness (QED) is 0.566. The Morgan fingerprint density at radius 1 is 0.938 bits per heavy atom. The van der Waals surface area contributed by atoms with Gasteiger partial charge in [-0.05, 0) is 24.5 Å². The van der Waals surface area contributed by atoms with Crippen molar-refractivity contribution in [3.63, 3.8) is 0 Å². The van der Waals surface area contributed by atoms with Crippen molar-refractivity contribution in [2.45, 2.75) is 4.90 Å². The summed E-state index contributed by atoms with van der Waals surface area (Å²) in [5, 5.41) is 0. The smallest absolute Gasteiger partial charge is 0.0629 e. The fourth-order valence-electron chi connectivity index (χ4n) is 1.43. The van der Waals surface area contributed by atoms with Gasteiger partial charge in [-0.1, -0.05) is 36.4 Å². The van der Waals surface area contributed by atoms with Crippen LogP contribution in [-0.4, -0.2) is 12.5 Å². The average Bonchev–Trinajstić information content (AvgIpc) is 2.38.